The van der Waals surface area contributed by atoms with Crippen molar-refractivity contribution in [2.24, 2.45) is 5.41 Å². The van der Waals surface area contributed by atoms with Crippen LogP contribution in [0.2, 0.25) is 0 Å². The number of nitrogens with zero attached hydrogens (tertiary/aromatic N) is 2. The lowest BCUT2D eigenvalue weighted by Crippen LogP contribution is -2.48. The van der Waals surface area contributed by atoms with Gasteiger partial charge in [0, 0.05) is 48.5 Å². The summed E-state index contributed by atoms with van der Waals surface area (Å²) >= 11 is 0. The monoisotopic (exact) mass is 365 g/mol. The molecule has 5 nitrogen and oxygen atoms in total. The predicted octanol–water partition coefficient (Wildman–Crippen LogP) is 3.63. The number of hydrogen-bond donors (Lipinski definition) is 1. The minimum Gasteiger partial charge on any atom is -0.368 e. The van der Waals surface area contributed by atoms with Gasteiger partial charge in [0.15, 0.2) is 0 Å². The summed E-state index contributed by atoms with van der Waals surface area (Å²) in [6.07, 6.45) is 0. The molecule has 142 valence electrons. The van der Waals surface area contributed by atoms with Gasteiger partial charge in [-0.2, -0.15) is 0 Å². The first kappa shape index (κ1) is 19.0. The molecule has 0 saturated carbocycles. The molecule has 0 atom stereocenters. The van der Waals surface area contributed by atoms with Crippen LogP contribution in [-0.4, -0.2) is 42.9 Å². The first-order valence-corrected chi connectivity index (χ1v) is 9.35. The topological polar surface area (TPSA) is 52.7 Å². The molecule has 0 unspecified atom stereocenters. The Balaban J connectivity index is 1.57. The van der Waals surface area contributed by atoms with Crippen LogP contribution in [0, 0.1) is 5.41 Å². The van der Waals surface area contributed by atoms with Crippen LogP contribution < -0.4 is 10.2 Å². The van der Waals surface area contributed by atoms with Gasteiger partial charge in [0.05, 0.1) is 0 Å². The van der Waals surface area contributed by atoms with Gasteiger partial charge in [0.25, 0.3) is 5.91 Å². The van der Waals surface area contributed by atoms with E-state index in [1.165, 1.54) is 0 Å². The number of amides is 2. The van der Waals surface area contributed by atoms with E-state index >= 15 is 0 Å². The molecular weight excluding hydrogens is 338 g/mol. The van der Waals surface area contributed by atoms with Crippen LogP contribution in [-0.2, 0) is 4.79 Å². The number of piperazine rings is 1. The van der Waals surface area contributed by atoms with E-state index in [-0.39, 0.29) is 11.8 Å². The first-order chi connectivity index (χ1) is 12.8. The summed E-state index contributed by atoms with van der Waals surface area (Å²) < 4.78 is 0. The molecule has 0 bridgehead atoms. The van der Waals surface area contributed by atoms with Crippen molar-refractivity contribution >= 4 is 23.2 Å². The van der Waals surface area contributed by atoms with Crippen LogP contribution in [0.1, 0.15) is 31.1 Å². The second kappa shape index (κ2) is 7.82. The summed E-state index contributed by atoms with van der Waals surface area (Å²) in [6, 6.07) is 17.3. The fraction of sp³-hybridized carbons (Fsp3) is 0.364. The van der Waals surface area contributed by atoms with E-state index in [1.807, 2.05) is 80.3 Å². The number of nitrogens with one attached hydrogen (secondary N) is 1. The molecule has 2 amide bonds. The molecule has 0 spiro atoms. The van der Waals surface area contributed by atoms with Gasteiger partial charge >= 0.3 is 0 Å². The Kier molecular flexibility index (Phi) is 5.49. The molecule has 0 radical (unpaired) electrons. The maximum absolute atomic E-state index is 12.5. The summed E-state index contributed by atoms with van der Waals surface area (Å²) in [5.41, 5.74) is 2.23. The number of benzene rings is 2. The molecule has 0 aromatic heterocycles. The zero-order chi connectivity index (χ0) is 19.4. The summed E-state index contributed by atoms with van der Waals surface area (Å²) in [6.45, 7) is 8.69. The Morgan fingerprint density at radius 3 is 2.00 bits per heavy atom. The highest BCUT2D eigenvalue weighted by molar-refractivity contribution is 5.95. The van der Waals surface area contributed by atoms with Gasteiger partial charge in [-0.1, -0.05) is 39.0 Å². The summed E-state index contributed by atoms with van der Waals surface area (Å²) in [5, 5.41) is 2.94. The molecule has 5 heteroatoms. The molecule has 1 aliphatic rings. The lowest BCUT2D eigenvalue weighted by atomic mass is 9.95. The minimum absolute atomic E-state index is 0.00305. The fourth-order valence-electron chi connectivity index (χ4n) is 3.01. The van der Waals surface area contributed by atoms with Gasteiger partial charge < -0.3 is 15.1 Å². The van der Waals surface area contributed by atoms with Crippen molar-refractivity contribution in [1.29, 1.82) is 0 Å². The maximum atomic E-state index is 12.5. The molecule has 1 N–H and O–H groups in total. The molecule has 1 aliphatic heterocycles. The Morgan fingerprint density at radius 1 is 0.852 bits per heavy atom. The van der Waals surface area contributed by atoms with Crippen LogP contribution in [0.4, 0.5) is 11.4 Å². The summed E-state index contributed by atoms with van der Waals surface area (Å²) in [5.74, 6) is 0.0961. The quantitative estimate of drug-likeness (QED) is 0.904. The van der Waals surface area contributed by atoms with E-state index in [4.69, 9.17) is 0 Å². The third-order valence-electron chi connectivity index (χ3n) is 4.76. The van der Waals surface area contributed by atoms with Gasteiger partial charge in [-0.3, -0.25) is 9.59 Å². The zero-order valence-corrected chi connectivity index (χ0v) is 16.2. The molecule has 0 aliphatic carbocycles. The number of carbonyl (C=O) groups is 2. The lowest BCUT2D eigenvalue weighted by molar-refractivity contribution is -0.123. The van der Waals surface area contributed by atoms with Crippen LogP contribution in [0.3, 0.4) is 0 Å². The Hall–Kier alpha value is -2.82. The molecule has 2 aromatic rings. The maximum Gasteiger partial charge on any atom is 0.253 e. The largest absolute Gasteiger partial charge is 0.368 e. The van der Waals surface area contributed by atoms with Crippen molar-refractivity contribution in [2.75, 3.05) is 36.4 Å². The average molecular weight is 365 g/mol. The van der Waals surface area contributed by atoms with Crippen LogP contribution >= 0.6 is 0 Å². The molecule has 1 heterocycles. The van der Waals surface area contributed by atoms with E-state index in [2.05, 4.69) is 10.2 Å². The van der Waals surface area contributed by atoms with Gasteiger partial charge in [-0.15, -0.1) is 0 Å². The number of anilines is 2. The van der Waals surface area contributed by atoms with Crippen molar-refractivity contribution in [3.63, 3.8) is 0 Å². The fourth-order valence-corrected chi connectivity index (χ4v) is 3.01. The van der Waals surface area contributed by atoms with Crippen molar-refractivity contribution in [3.8, 4) is 0 Å². The predicted molar refractivity (Wildman–Crippen MR) is 109 cm³/mol. The van der Waals surface area contributed by atoms with Gasteiger partial charge in [-0.25, -0.2) is 0 Å². The second-order valence-corrected chi connectivity index (χ2v) is 7.90. The molecule has 27 heavy (non-hydrogen) atoms. The molecule has 3 rings (SSSR count). The van der Waals surface area contributed by atoms with Gasteiger partial charge in [0.2, 0.25) is 5.91 Å². The average Bonchev–Trinajstić information content (AvgIpc) is 2.68. The highest BCUT2D eigenvalue weighted by atomic mass is 16.2. The third kappa shape index (κ3) is 4.67. The van der Waals surface area contributed by atoms with E-state index in [0.717, 1.165) is 30.0 Å². The van der Waals surface area contributed by atoms with Gasteiger partial charge in [0.1, 0.15) is 0 Å². The smallest absolute Gasteiger partial charge is 0.253 e. The van der Waals surface area contributed by atoms with E-state index in [0.29, 0.717) is 13.1 Å². The zero-order valence-electron chi connectivity index (χ0n) is 16.2. The van der Waals surface area contributed by atoms with Crippen LogP contribution in [0.15, 0.2) is 54.6 Å². The van der Waals surface area contributed by atoms with Gasteiger partial charge in [-0.05, 0) is 36.4 Å². The SMILES string of the molecule is CC(C)(C)C(=O)Nc1ccc(N2CCN(C(=O)c3ccccc3)CC2)cc1. The van der Waals surface area contributed by atoms with E-state index in [9.17, 15) is 9.59 Å². The summed E-state index contributed by atoms with van der Waals surface area (Å²) in [4.78, 5) is 28.8. The Bertz CT molecular complexity index is 787. The number of carbonyl (C=O) groups excluding carboxylic acids is 2. The standard InChI is InChI=1S/C22H27N3O2/c1-22(2,3)21(27)23-18-9-11-19(12-10-18)24-13-15-25(16-14-24)20(26)17-7-5-4-6-8-17/h4-12H,13-16H2,1-3H3,(H,23,27). The van der Waals surface area contributed by atoms with Crippen molar-refractivity contribution < 1.29 is 9.59 Å². The second-order valence-electron chi connectivity index (χ2n) is 7.90. The van der Waals surface area contributed by atoms with Crippen LogP contribution in [0.5, 0.6) is 0 Å². The highest BCUT2D eigenvalue weighted by Gasteiger charge is 2.23. The molecule has 1 saturated heterocycles. The Morgan fingerprint density at radius 2 is 1.44 bits per heavy atom. The van der Waals surface area contributed by atoms with Crippen molar-refractivity contribution in [2.45, 2.75) is 20.8 Å². The summed E-state index contributed by atoms with van der Waals surface area (Å²) in [7, 11) is 0. The number of hydrogen-bond acceptors (Lipinski definition) is 3. The molecule has 1 fully saturated rings. The van der Waals surface area contributed by atoms with Crippen LogP contribution in [0.25, 0.3) is 0 Å². The highest BCUT2D eigenvalue weighted by Crippen LogP contribution is 2.22. The third-order valence-corrected chi connectivity index (χ3v) is 4.76. The molecular formula is C22H27N3O2. The minimum atomic E-state index is -0.416. The van der Waals surface area contributed by atoms with E-state index < -0.39 is 5.41 Å². The first-order valence-electron chi connectivity index (χ1n) is 9.35. The van der Waals surface area contributed by atoms with E-state index in [1.54, 1.807) is 0 Å². The molecule has 2 aromatic carbocycles. The van der Waals surface area contributed by atoms with Crippen molar-refractivity contribution in [1.82, 2.24) is 4.90 Å². The lowest BCUT2D eigenvalue weighted by Gasteiger charge is -2.36. The Labute approximate surface area is 161 Å². The number of rotatable bonds is 3. The normalized spacial score (nSPS) is 14.8. The van der Waals surface area contributed by atoms with Crippen molar-refractivity contribution in [3.05, 3.63) is 60.2 Å².